The molecule has 1 heterocycles. The molecule has 98 valence electrons. The molecule has 0 saturated heterocycles. The Balaban J connectivity index is 2.20. The number of thiocarbonyl (C=S) groups is 1. The zero-order valence-electron chi connectivity index (χ0n) is 10.5. The van der Waals surface area contributed by atoms with E-state index < -0.39 is 0 Å². The first-order chi connectivity index (χ1) is 9.08. The summed E-state index contributed by atoms with van der Waals surface area (Å²) in [5, 5.41) is 3.18. The van der Waals surface area contributed by atoms with E-state index in [1.807, 2.05) is 19.1 Å². The number of hydrogen-bond donors (Lipinski definition) is 2. The fourth-order valence-electron chi connectivity index (χ4n) is 1.76. The van der Waals surface area contributed by atoms with Crippen LogP contribution in [-0.2, 0) is 6.54 Å². The number of nitrogens with two attached hydrogens (primary N) is 1. The number of pyridine rings is 1. The predicted molar refractivity (Wildman–Crippen MR) is 78.6 cm³/mol. The second-order valence-electron chi connectivity index (χ2n) is 4.17. The summed E-state index contributed by atoms with van der Waals surface area (Å²) >= 11 is 4.92. The molecule has 0 aliphatic heterocycles. The Morgan fingerprint density at radius 3 is 2.89 bits per heavy atom. The number of nitrogens with one attached hydrogen (secondary N) is 1. The van der Waals surface area contributed by atoms with Crippen LogP contribution < -0.4 is 11.1 Å². The van der Waals surface area contributed by atoms with Crippen molar-refractivity contribution in [1.29, 1.82) is 0 Å². The Hall–Kier alpha value is -2.01. The molecule has 3 nitrogen and oxygen atoms in total. The highest BCUT2D eigenvalue weighted by atomic mass is 32.1. The van der Waals surface area contributed by atoms with Gasteiger partial charge in [-0.05, 0) is 36.8 Å². The maximum Gasteiger partial charge on any atom is 0.124 e. The zero-order chi connectivity index (χ0) is 13.8. The highest BCUT2D eigenvalue weighted by Crippen LogP contribution is 2.18. The van der Waals surface area contributed by atoms with E-state index >= 15 is 0 Å². The van der Waals surface area contributed by atoms with Crippen LogP contribution in [0.3, 0.4) is 0 Å². The Bertz CT molecular complexity index is 613. The predicted octanol–water partition coefficient (Wildman–Crippen LogP) is 2.78. The van der Waals surface area contributed by atoms with Gasteiger partial charge in [-0.25, -0.2) is 4.39 Å². The van der Waals surface area contributed by atoms with Gasteiger partial charge in [-0.2, -0.15) is 0 Å². The van der Waals surface area contributed by atoms with Crippen LogP contribution in [0.15, 0.2) is 36.5 Å². The minimum absolute atomic E-state index is 0.166. The third-order valence-corrected chi connectivity index (χ3v) is 3.03. The van der Waals surface area contributed by atoms with E-state index in [1.165, 1.54) is 12.1 Å². The summed E-state index contributed by atoms with van der Waals surface area (Å²) in [7, 11) is 0. The van der Waals surface area contributed by atoms with Crippen LogP contribution in [0.2, 0.25) is 0 Å². The molecule has 19 heavy (non-hydrogen) atoms. The van der Waals surface area contributed by atoms with Crippen LogP contribution in [0.1, 0.15) is 16.8 Å². The number of aromatic nitrogens is 1. The molecule has 2 rings (SSSR count). The van der Waals surface area contributed by atoms with Gasteiger partial charge in [0.1, 0.15) is 10.8 Å². The minimum Gasteiger partial charge on any atom is -0.389 e. The minimum atomic E-state index is -0.359. The van der Waals surface area contributed by atoms with Gasteiger partial charge in [0.15, 0.2) is 0 Å². The largest absolute Gasteiger partial charge is 0.389 e. The first kappa shape index (κ1) is 13.4. The van der Waals surface area contributed by atoms with Crippen LogP contribution in [0, 0.1) is 12.7 Å². The topological polar surface area (TPSA) is 50.9 Å². The molecule has 0 unspecified atom stereocenters. The molecule has 0 bridgehead atoms. The number of hydrogen-bond acceptors (Lipinski definition) is 3. The number of nitrogens with zero attached hydrogens (tertiary/aromatic N) is 1. The van der Waals surface area contributed by atoms with Crippen molar-refractivity contribution in [2.75, 3.05) is 5.32 Å². The van der Waals surface area contributed by atoms with E-state index in [-0.39, 0.29) is 10.8 Å². The normalized spacial score (nSPS) is 10.2. The van der Waals surface area contributed by atoms with Crippen LogP contribution >= 0.6 is 12.2 Å². The van der Waals surface area contributed by atoms with Gasteiger partial charge in [0.05, 0.1) is 12.2 Å². The van der Waals surface area contributed by atoms with Crippen molar-refractivity contribution in [1.82, 2.24) is 4.98 Å². The molecule has 1 aromatic carbocycles. The van der Waals surface area contributed by atoms with E-state index in [1.54, 1.807) is 12.3 Å². The summed E-state index contributed by atoms with van der Waals surface area (Å²) in [4.78, 5) is 4.45. The third kappa shape index (κ3) is 3.26. The summed E-state index contributed by atoms with van der Waals surface area (Å²) < 4.78 is 13.2. The van der Waals surface area contributed by atoms with Crippen molar-refractivity contribution in [3.8, 4) is 0 Å². The van der Waals surface area contributed by atoms with Crippen molar-refractivity contribution < 1.29 is 4.39 Å². The van der Waals surface area contributed by atoms with Crippen molar-refractivity contribution in [3.05, 3.63) is 59.2 Å². The Kier molecular flexibility index (Phi) is 4.06. The van der Waals surface area contributed by atoms with Crippen molar-refractivity contribution in [3.63, 3.8) is 0 Å². The molecule has 3 N–H and O–H groups in total. The first-order valence-corrected chi connectivity index (χ1v) is 6.22. The van der Waals surface area contributed by atoms with Gasteiger partial charge in [0.2, 0.25) is 0 Å². The monoisotopic (exact) mass is 275 g/mol. The summed E-state index contributed by atoms with van der Waals surface area (Å²) in [6.45, 7) is 2.52. The summed E-state index contributed by atoms with van der Waals surface area (Å²) in [5.41, 5.74) is 8.83. The van der Waals surface area contributed by atoms with E-state index in [0.29, 0.717) is 17.8 Å². The van der Waals surface area contributed by atoms with Crippen LogP contribution in [-0.4, -0.2) is 9.97 Å². The van der Waals surface area contributed by atoms with Gasteiger partial charge in [-0.1, -0.05) is 18.3 Å². The van der Waals surface area contributed by atoms with Gasteiger partial charge in [-0.3, -0.25) is 4.98 Å². The second-order valence-corrected chi connectivity index (χ2v) is 4.61. The summed E-state index contributed by atoms with van der Waals surface area (Å²) in [6.07, 6.45) is 1.74. The Morgan fingerprint density at radius 2 is 2.21 bits per heavy atom. The number of aryl methyl sites for hydroxylation is 1. The fraction of sp³-hybridized carbons (Fsp3) is 0.143. The van der Waals surface area contributed by atoms with Gasteiger partial charge >= 0.3 is 0 Å². The van der Waals surface area contributed by atoms with E-state index in [9.17, 15) is 4.39 Å². The van der Waals surface area contributed by atoms with Crippen molar-refractivity contribution in [2.45, 2.75) is 13.5 Å². The summed E-state index contributed by atoms with van der Waals surface area (Å²) in [6, 6.07) is 8.20. The number of anilines is 1. The van der Waals surface area contributed by atoms with Crippen molar-refractivity contribution in [2.24, 2.45) is 5.73 Å². The van der Waals surface area contributed by atoms with Gasteiger partial charge in [0, 0.05) is 17.4 Å². The SMILES string of the molecule is Cc1cccnc1CNc1ccc(F)cc1C(N)=S. The molecule has 1 aromatic heterocycles. The smallest absolute Gasteiger partial charge is 0.124 e. The molecule has 2 aromatic rings. The van der Waals surface area contributed by atoms with Gasteiger partial charge in [0.25, 0.3) is 0 Å². The lowest BCUT2D eigenvalue weighted by Crippen LogP contribution is -2.14. The Labute approximate surface area is 116 Å². The fourth-order valence-corrected chi connectivity index (χ4v) is 1.93. The van der Waals surface area contributed by atoms with Gasteiger partial charge in [-0.15, -0.1) is 0 Å². The molecule has 0 radical (unpaired) electrons. The maximum absolute atomic E-state index is 13.2. The number of benzene rings is 1. The van der Waals surface area contributed by atoms with E-state index in [2.05, 4.69) is 10.3 Å². The highest BCUT2D eigenvalue weighted by molar-refractivity contribution is 7.80. The molecule has 0 fully saturated rings. The lowest BCUT2D eigenvalue weighted by molar-refractivity contribution is 0.627. The molecule has 5 heteroatoms. The third-order valence-electron chi connectivity index (χ3n) is 2.81. The molecule has 0 saturated carbocycles. The molecule has 0 amide bonds. The molecule has 0 atom stereocenters. The number of rotatable bonds is 4. The molecule has 0 aliphatic carbocycles. The van der Waals surface area contributed by atoms with Crippen LogP contribution in [0.4, 0.5) is 10.1 Å². The average Bonchev–Trinajstić information content (AvgIpc) is 2.38. The first-order valence-electron chi connectivity index (χ1n) is 5.81. The molecular weight excluding hydrogens is 261 g/mol. The van der Waals surface area contributed by atoms with Crippen LogP contribution in [0.25, 0.3) is 0 Å². The lowest BCUT2D eigenvalue weighted by Gasteiger charge is -2.12. The standard InChI is InChI=1S/C14H14FN3S/c1-9-3-2-6-17-13(9)8-18-12-5-4-10(15)7-11(12)14(16)19/h2-7,18H,8H2,1H3,(H2,16,19). The molecule has 0 spiro atoms. The van der Waals surface area contributed by atoms with Crippen molar-refractivity contribution >= 4 is 22.9 Å². The average molecular weight is 275 g/mol. The highest BCUT2D eigenvalue weighted by Gasteiger charge is 2.07. The summed E-state index contributed by atoms with van der Waals surface area (Å²) in [5.74, 6) is -0.359. The molecule has 0 aliphatic rings. The maximum atomic E-state index is 13.2. The quantitative estimate of drug-likeness (QED) is 0.842. The lowest BCUT2D eigenvalue weighted by atomic mass is 10.1. The molecular formula is C14H14FN3S. The second kappa shape index (κ2) is 5.75. The van der Waals surface area contributed by atoms with Crippen LogP contribution in [0.5, 0.6) is 0 Å². The van der Waals surface area contributed by atoms with E-state index in [4.69, 9.17) is 18.0 Å². The van der Waals surface area contributed by atoms with Gasteiger partial charge < -0.3 is 11.1 Å². The Morgan fingerprint density at radius 1 is 1.42 bits per heavy atom. The number of halogens is 1. The van der Waals surface area contributed by atoms with E-state index in [0.717, 1.165) is 11.3 Å². The zero-order valence-corrected chi connectivity index (χ0v) is 11.3.